The molecule has 9 heteroatoms. The summed E-state index contributed by atoms with van der Waals surface area (Å²) in [6.07, 6.45) is 1.23. The van der Waals surface area contributed by atoms with E-state index in [1.54, 1.807) is 49.4 Å². The van der Waals surface area contributed by atoms with Crippen molar-refractivity contribution in [3.8, 4) is 0 Å². The number of sulfonamides is 1. The molecule has 0 aliphatic heterocycles. The number of amides is 2. The van der Waals surface area contributed by atoms with Crippen molar-refractivity contribution in [2.45, 2.75) is 71.0 Å². The number of halogens is 1. The van der Waals surface area contributed by atoms with Gasteiger partial charge in [0.25, 0.3) is 10.0 Å². The Morgan fingerprint density at radius 2 is 1.50 bits per heavy atom. The quantitative estimate of drug-likeness (QED) is 0.325. The SMILES string of the molecule is CCc1ccccc1N(CC(=O)N(Cc1ccccc1F)[C@@H](C)C(=O)N[C@@H](C)CC)S(=O)(=O)c1ccc(C)cc1. The summed E-state index contributed by atoms with van der Waals surface area (Å²) in [6.45, 7) is 8.34. The number of carbonyl (C=O) groups excluding carboxylic acids is 2. The minimum atomic E-state index is -4.17. The smallest absolute Gasteiger partial charge is 0.264 e. The van der Waals surface area contributed by atoms with Gasteiger partial charge < -0.3 is 10.2 Å². The van der Waals surface area contributed by atoms with Crippen molar-refractivity contribution in [3.63, 3.8) is 0 Å². The Hall–Kier alpha value is -3.72. The zero-order chi connectivity index (χ0) is 29.4. The molecule has 1 N–H and O–H groups in total. The number of rotatable bonds is 12. The number of carbonyl (C=O) groups is 2. The molecule has 2 amide bonds. The zero-order valence-corrected chi connectivity index (χ0v) is 24.5. The fourth-order valence-electron chi connectivity index (χ4n) is 4.26. The Bertz CT molecular complexity index is 1430. The van der Waals surface area contributed by atoms with Crippen LogP contribution in [0.1, 0.15) is 50.8 Å². The fourth-order valence-corrected chi connectivity index (χ4v) is 5.71. The lowest BCUT2D eigenvalue weighted by molar-refractivity contribution is -0.139. The Kier molecular flexibility index (Phi) is 10.5. The number of nitrogens with one attached hydrogen (secondary N) is 1. The summed E-state index contributed by atoms with van der Waals surface area (Å²) in [6, 6.07) is 18.3. The van der Waals surface area contributed by atoms with Gasteiger partial charge in [0.1, 0.15) is 18.4 Å². The molecule has 0 aliphatic rings. The van der Waals surface area contributed by atoms with Crippen LogP contribution in [0.2, 0.25) is 0 Å². The van der Waals surface area contributed by atoms with Crippen molar-refractivity contribution in [1.82, 2.24) is 10.2 Å². The average molecular weight is 568 g/mol. The van der Waals surface area contributed by atoms with Gasteiger partial charge in [-0.3, -0.25) is 13.9 Å². The van der Waals surface area contributed by atoms with Gasteiger partial charge >= 0.3 is 0 Å². The van der Waals surface area contributed by atoms with E-state index in [4.69, 9.17) is 0 Å². The predicted octanol–water partition coefficient (Wildman–Crippen LogP) is 5.22. The van der Waals surface area contributed by atoms with E-state index in [1.165, 1.54) is 23.1 Å². The third-order valence-corrected chi connectivity index (χ3v) is 8.77. The summed E-state index contributed by atoms with van der Waals surface area (Å²) in [5, 5.41) is 2.87. The van der Waals surface area contributed by atoms with E-state index >= 15 is 0 Å². The minimum absolute atomic E-state index is 0.0417. The molecule has 0 aliphatic carbocycles. The maximum Gasteiger partial charge on any atom is 0.264 e. The third kappa shape index (κ3) is 7.27. The number of hydrogen-bond donors (Lipinski definition) is 1. The van der Waals surface area contributed by atoms with Crippen LogP contribution in [-0.2, 0) is 32.6 Å². The second-order valence-corrected chi connectivity index (χ2v) is 11.8. The van der Waals surface area contributed by atoms with Crippen molar-refractivity contribution >= 4 is 27.5 Å². The predicted molar refractivity (Wildman–Crippen MR) is 156 cm³/mol. The molecule has 3 aromatic rings. The Balaban J connectivity index is 2.07. The molecular weight excluding hydrogens is 529 g/mol. The highest BCUT2D eigenvalue weighted by Crippen LogP contribution is 2.28. The van der Waals surface area contributed by atoms with E-state index in [2.05, 4.69) is 5.32 Å². The average Bonchev–Trinajstić information content (AvgIpc) is 2.95. The van der Waals surface area contributed by atoms with Gasteiger partial charge in [0, 0.05) is 18.2 Å². The van der Waals surface area contributed by atoms with Gasteiger partial charge in [0.2, 0.25) is 11.8 Å². The maximum atomic E-state index is 14.7. The van der Waals surface area contributed by atoms with Gasteiger partial charge in [-0.25, -0.2) is 12.8 Å². The van der Waals surface area contributed by atoms with Crippen molar-refractivity contribution in [3.05, 3.63) is 95.3 Å². The Morgan fingerprint density at radius 3 is 2.10 bits per heavy atom. The van der Waals surface area contributed by atoms with Crippen LogP contribution in [0, 0.1) is 12.7 Å². The van der Waals surface area contributed by atoms with Crippen LogP contribution in [0.15, 0.2) is 77.7 Å². The second kappa shape index (κ2) is 13.6. The Labute approximate surface area is 237 Å². The van der Waals surface area contributed by atoms with Gasteiger partial charge in [-0.2, -0.15) is 0 Å². The summed E-state index contributed by atoms with van der Waals surface area (Å²) in [7, 11) is -4.17. The summed E-state index contributed by atoms with van der Waals surface area (Å²) in [4.78, 5) is 28.4. The van der Waals surface area contributed by atoms with E-state index < -0.39 is 40.2 Å². The van der Waals surface area contributed by atoms with Gasteiger partial charge in [-0.1, -0.05) is 67.9 Å². The summed E-state index contributed by atoms with van der Waals surface area (Å²) < 4.78 is 43.7. The van der Waals surface area contributed by atoms with E-state index in [-0.39, 0.29) is 23.0 Å². The molecule has 0 unspecified atom stereocenters. The number of aryl methyl sites for hydroxylation is 2. The number of anilines is 1. The molecule has 0 bridgehead atoms. The molecule has 0 saturated heterocycles. The second-order valence-electron chi connectivity index (χ2n) is 9.91. The van der Waals surface area contributed by atoms with Crippen LogP contribution in [0.5, 0.6) is 0 Å². The molecule has 2 atom stereocenters. The molecule has 0 saturated carbocycles. The van der Waals surface area contributed by atoms with Crippen LogP contribution >= 0.6 is 0 Å². The summed E-state index contributed by atoms with van der Waals surface area (Å²) >= 11 is 0. The molecule has 0 radical (unpaired) electrons. The van der Waals surface area contributed by atoms with Crippen molar-refractivity contribution in [2.24, 2.45) is 0 Å². The van der Waals surface area contributed by atoms with Gasteiger partial charge in [-0.05, 0) is 63.4 Å². The number of para-hydroxylation sites is 1. The number of nitrogens with zero attached hydrogens (tertiary/aromatic N) is 2. The summed E-state index contributed by atoms with van der Waals surface area (Å²) in [5.41, 5.74) is 2.24. The number of benzene rings is 3. The lowest BCUT2D eigenvalue weighted by Gasteiger charge is -2.33. The molecule has 40 heavy (non-hydrogen) atoms. The third-order valence-electron chi connectivity index (χ3n) is 7.00. The maximum absolute atomic E-state index is 14.7. The van der Waals surface area contributed by atoms with Crippen molar-refractivity contribution in [1.29, 1.82) is 0 Å². The van der Waals surface area contributed by atoms with E-state index in [0.29, 0.717) is 18.5 Å². The Morgan fingerprint density at radius 1 is 0.900 bits per heavy atom. The first-order chi connectivity index (χ1) is 19.0. The van der Waals surface area contributed by atoms with E-state index in [0.717, 1.165) is 15.4 Å². The normalized spacial score (nSPS) is 12.8. The lowest BCUT2D eigenvalue weighted by Crippen LogP contribution is -2.52. The first kappa shape index (κ1) is 30.8. The molecule has 3 rings (SSSR count). The van der Waals surface area contributed by atoms with Gasteiger partial charge in [0.05, 0.1) is 10.6 Å². The van der Waals surface area contributed by atoms with Gasteiger partial charge in [-0.15, -0.1) is 0 Å². The lowest BCUT2D eigenvalue weighted by atomic mass is 10.1. The highest BCUT2D eigenvalue weighted by atomic mass is 32.2. The van der Waals surface area contributed by atoms with Gasteiger partial charge in [0.15, 0.2) is 0 Å². The first-order valence-corrected chi connectivity index (χ1v) is 14.9. The molecular formula is C31H38FN3O4S. The van der Waals surface area contributed by atoms with Crippen molar-refractivity contribution in [2.75, 3.05) is 10.8 Å². The van der Waals surface area contributed by atoms with Crippen LogP contribution in [0.4, 0.5) is 10.1 Å². The van der Waals surface area contributed by atoms with E-state index in [9.17, 15) is 22.4 Å². The largest absolute Gasteiger partial charge is 0.352 e. The molecule has 3 aromatic carbocycles. The standard InChI is InChI=1S/C31H38FN3O4S/c1-6-23(4)33-31(37)24(5)34(20-26-13-8-10-14-28(26)32)30(36)21-35(29-15-11-9-12-25(29)7-2)40(38,39)27-18-16-22(3)17-19-27/h8-19,23-24H,6-7,20-21H2,1-5H3,(H,33,37)/t23-,24-/m0/s1. The van der Waals surface area contributed by atoms with Crippen LogP contribution in [0.3, 0.4) is 0 Å². The van der Waals surface area contributed by atoms with Crippen molar-refractivity contribution < 1.29 is 22.4 Å². The minimum Gasteiger partial charge on any atom is -0.352 e. The highest BCUT2D eigenvalue weighted by Gasteiger charge is 2.33. The molecule has 7 nitrogen and oxygen atoms in total. The highest BCUT2D eigenvalue weighted by molar-refractivity contribution is 7.92. The number of hydrogen-bond acceptors (Lipinski definition) is 4. The molecule has 0 heterocycles. The van der Waals surface area contributed by atoms with Crippen LogP contribution < -0.4 is 9.62 Å². The first-order valence-electron chi connectivity index (χ1n) is 13.5. The van der Waals surface area contributed by atoms with E-state index in [1.807, 2.05) is 39.8 Å². The molecule has 0 fully saturated rings. The van der Waals surface area contributed by atoms with Crippen LogP contribution in [-0.4, -0.2) is 43.8 Å². The molecule has 0 spiro atoms. The van der Waals surface area contributed by atoms with Crippen LogP contribution in [0.25, 0.3) is 0 Å². The zero-order valence-electron chi connectivity index (χ0n) is 23.7. The topological polar surface area (TPSA) is 86.8 Å². The monoisotopic (exact) mass is 567 g/mol. The fraction of sp³-hybridized carbons (Fsp3) is 0.355. The molecule has 0 aromatic heterocycles. The molecule has 214 valence electrons. The summed E-state index contributed by atoms with van der Waals surface area (Å²) in [5.74, 6) is -1.55.